The second kappa shape index (κ2) is 5.29. The lowest BCUT2D eigenvalue weighted by Crippen LogP contribution is -2.95. The van der Waals surface area contributed by atoms with Gasteiger partial charge in [0.25, 0.3) is 0 Å². The summed E-state index contributed by atoms with van der Waals surface area (Å²) in [7, 11) is 0. The smallest absolute Gasteiger partial charge is 0.128 e. The van der Waals surface area contributed by atoms with Gasteiger partial charge in [0.05, 0.1) is 5.54 Å². The molecule has 0 fully saturated rings. The minimum Gasteiger partial charge on any atom is -0.382 e. The van der Waals surface area contributed by atoms with Crippen LogP contribution < -0.4 is 5.32 Å². The van der Waals surface area contributed by atoms with Crippen LogP contribution in [0.2, 0.25) is 0 Å². The van der Waals surface area contributed by atoms with Crippen LogP contribution in [0.3, 0.4) is 0 Å². The van der Waals surface area contributed by atoms with E-state index in [9.17, 15) is 5.11 Å². The van der Waals surface area contributed by atoms with Crippen LogP contribution in [-0.4, -0.2) is 17.2 Å². The van der Waals surface area contributed by atoms with Crippen molar-refractivity contribution < 1.29 is 10.4 Å². The zero-order chi connectivity index (χ0) is 11.3. The van der Waals surface area contributed by atoms with Gasteiger partial charge in [0, 0.05) is 0 Å². The number of hydrogen-bond acceptors (Lipinski definition) is 1. The Kier molecular flexibility index (Phi) is 4.30. The van der Waals surface area contributed by atoms with Crippen LogP contribution in [-0.2, 0) is 0 Å². The van der Waals surface area contributed by atoms with E-state index >= 15 is 0 Å². The highest BCUT2D eigenvalue weighted by molar-refractivity contribution is 5.16. The highest BCUT2D eigenvalue weighted by Gasteiger charge is 2.20. The van der Waals surface area contributed by atoms with E-state index in [2.05, 4.69) is 26.1 Å². The molecule has 0 saturated heterocycles. The average molecular weight is 208 g/mol. The summed E-state index contributed by atoms with van der Waals surface area (Å²) in [5, 5.41) is 12.2. The monoisotopic (exact) mass is 208 g/mol. The van der Waals surface area contributed by atoms with Gasteiger partial charge in [0.1, 0.15) is 12.6 Å². The zero-order valence-electron chi connectivity index (χ0n) is 9.90. The Morgan fingerprint density at radius 1 is 1.27 bits per heavy atom. The number of quaternary nitrogens is 1. The molecule has 0 saturated carbocycles. The molecular weight excluding hydrogens is 186 g/mol. The lowest BCUT2D eigenvalue weighted by molar-refractivity contribution is -0.726. The van der Waals surface area contributed by atoms with Gasteiger partial charge in [-0.05, 0) is 25.8 Å². The van der Waals surface area contributed by atoms with E-state index < -0.39 is 0 Å². The van der Waals surface area contributed by atoms with E-state index in [1.807, 2.05) is 30.3 Å². The lowest BCUT2D eigenvalue weighted by atomic mass is 10.0. The van der Waals surface area contributed by atoms with Gasteiger partial charge < -0.3 is 10.4 Å². The minimum absolute atomic E-state index is 0.218. The third-order valence-electron chi connectivity index (χ3n) is 2.99. The van der Waals surface area contributed by atoms with Crippen LogP contribution in [0.25, 0.3) is 0 Å². The Balaban J connectivity index is 2.47. The van der Waals surface area contributed by atoms with Crippen LogP contribution in [0.15, 0.2) is 30.3 Å². The van der Waals surface area contributed by atoms with E-state index in [4.69, 9.17) is 0 Å². The average Bonchev–Trinajstić information content (AvgIpc) is 2.27. The number of aliphatic hydroxyl groups excluding tert-OH is 1. The Hall–Kier alpha value is -0.860. The van der Waals surface area contributed by atoms with Gasteiger partial charge in [0.2, 0.25) is 0 Å². The van der Waals surface area contributed by atoms with Crippen LogP contribution >= 0.6 is 0 Å². The predicted octanol–water partition coefficient (Wildman–Crippen LogP) is 1.47. The summed E-state index contributed by atoms with van der Waals surface area (Å²) >= 11 is 0. The maximum Gasteiger partial charge on any atom is 0.128 e. The number of benzene rings is 1. The van der Waals surface area contributed by atoms with E-state index in [-0.39, 0.29) is 11.6 Å². The van der Waals surface area contributed by atoms with E-state index in [0.717, 1.165) is 18.5 Å². The van der Waals surface area contributed by atoms with Crippen LogP contribution in [0.4, 0.5) is 0 Å². The molecule has 1 aromatic carbocycles. The molecule has 1 aromatic rings. The molecule has 0 radical (unpaired) electrons. The van der Waals surface area contributed by atoms with E-state index in [1.54, 1.807) is 0 Å². The first kappa shape index (κ1) is 12.2. The predicted molar refractivity (Wildman–Crippen MR) is 62.6 cm³/mol. The van der Waals surface area contributed by atoms with Crippen molar-refractivity contribution in [2.24, 2.45) is 0 Å². The summed E-state index contributed by atoms with van der Waals surface area (Å²) in [6.07, 6.45) is 0.742. The zero-order valence-corrected chi connectivity index (χ0v) is 9.90. The molecule has 0 spiro atoms. The molecule has 84 valence electrons. The molecule has 2 heteroatoms. The van der Waals surface area contributed by atoms with Crippen LogP contribution in [0.5, 0.6) is 0 Å². The second-order valence-corrected chi connectivity index (χ2v) is 4.71. The van der Waals surface area contributed by atoms with E-state index in [1.165, 1.54) is 0 Å². The Morgan fingerprint density at radius 2 is 1.87 bits per heavy atom. The molecule has 0 aromatic heterocycles. The van der Waals surface area contributed by atoms with Gasteiger partial charge in [-0.2, -0.15) is 0 Å². The van der Waals surface area contributed by atoms with Crippen molar-refractivity contribution in [2.75, 3.05) is 6.54 Å². The van der Waals surface area contributed by atoms with Crippen molar-refractivity contribution in [1.29, 1.82) is 0 Å². The fourth-order valence-electron chi connectivity index (χ4n) is 1.39. The largest absolute Gasteiger partial charge is 0.382 e. The summed E-state index contributed by atoms with van der Waals surface area (Å²) in [4.78, 5) is 0. The molecule has 0 aliphatic heterocycles. The molecule has 0 bridgehead atoms. The van der Waals surface area contributed by atoms with Crippen molar-refractivity contribution in [3.05, 3.63) is 35.9 Å². The molecule has 0 aliphatic rings. The minimum atomic E-state index is -0.364. The van der Waals surface area contributed by atoms with Crippen molar-refractivity contribution in [2.45, 2.75) is 38.8 Å². The van der Waals surface area contributed by atoms with Crippen molar-refractivity contribution in [3.8, 4) is 0 Å². The van der Waals surface area contributed by atoms with Gasteiger partial charge in [-0.3, -0.25) is 0 Å². The summed E-state index contributed by atoms with van der Waals surface area (Å²) < 4.78 is 0. The molecule has 0 heterocycles. The van der Waals surface area contributed by atoms with Gasteiger partial charge >= 0.3 is 0 Å². The maximum atomic E-state index is 9.95. The van der Waals surface area contributed by atoms with Crippen LogP contribution in [0, 0.1) is 0 Å². The molecule has 15 heavy (non-hydrogen) atoms. The topological polar surface area (TPSA) is 36.8 Å². The first-order chi connectivity index (χ1) is 7.05. The quantitative estimate of drug-likeness (QED) is 0.755. The summed E-state index contributed by atoms with van der Waals surface area (Å²) in [6, 6.07) is 9.83. The normalized spacial score (nSPS) is 13.9. The standard InChI is InChI=1S/C13H21NO/c1-4-13(2,3)14-10-12(15)11-8-6-5-7-9-11/h5-9,12,14-15H,4,10H2,1-3H3/p+1/t12-/m0/s1. The van der Waals surface area contributed by atoms with Gasteiger partial charge in [0.15, 0.2) is 0 Å². The summed E-state index contributed by atoms with van der Waals surface area (Å²) in [6.45, 7) is 7.30. The summed E-state index contributed by atoms with van der Waals surface area (Å²) in [5.41, 5.74) is 1.22. The van der Waals surface area contributed by atoms with Gasteiger partial charge in [-0.1, -0.05) is 37.3 Å². The molecule has 3 N–H and O–H groups in total. The Morgan fingerprint density at radius 3 is 2.40 bits per heavy atom. The number of aliphatic hydroxyl groups is 1. The number of nitrogens with two attached hydrogens (primary N) is 1. The molecular formula is C13H22NO+. The van der Waals surface area contributed by atoms with Gasteiger partial charge in [-0.25, -0.2) is 0 Å². The molecule has 0 unspecified atom stereocenters. The molecule has 1 rings (SSSR count). The first-order valence-corrected chi connectivity index (χ1v) is 5.62. The fraction of sp³-hybridized carbons (Fsp3) is 0.538. The van der Waals surface area contributed by atoms with Gasteiger partial charge in [-0.15, -0.1) is 0 Å². The third-order valence-corrected chi connectivity index (χ3v) is 2.99. The molecule has 2 nitrogen and oxygen atoms in total. The fourth-order valence-corrected chi connectivity index (χ4v) is 1.39. The number of rotatable bonds is 5. The van der Waals surface area contributed by atoms with Crippen LogP contribution in [0.1, 0.15) is 38.9 Å². The SMILES string of the molecule is CCC(C)(C)[NH2+]C[C@H](O)c1ccccc1. The lowest BCUT2D eigenvalue weighted by Gasteiger charge is -2.22. The van der Waals surface area contributed by atoms with Crippen molar-refractivity contribution in [3.63, 3.8) is 0 Å². The van der Waals surface area contributed by atoms with Crippen molar-refractivity contribution >= 4 is 0 Å². The highest BCUT2D eigenvalue weighted by atomic mass is 16.3. The summed E-state index contributed by atoms with van der Waals surface area (Å²) in [5.74, 6) is 0. The third kappa shape index (κ3) is 4.02. The Bertz CT molecular complexity index is 282. The Labute approximate surface area is 92.3 Å². The van der Waals surface area contributed by atoms with Crippen molar-refractivity contribution in [1.82, 2.24) is 0 Å². The van der Waals surface area contributed by atoms with E-state index in [0.29, 0.717) is 0 Å². The molecule has 1 atom stereocenters. The number of hydrogen-bond donors (Lipinski definition) is 2. The second-order valence-electron chi connectivity index (χ2n) is 4.71. The first-order valence-electron chi connectivity index (χ1n) is 5.62. The molecule has 0 amide bonds. The maximum absolute atomic E-state index is 9.95. The molecule has 0 aliphatic carbocycles. The highest BCUT2D eigenvalue weighted by Crippen LogP contribution is 2.10.